The van der Waals surface area contributed by atoms with Crippen LogP contribution >= 0.6 is 0 Å². The molecule has 0 bridgehead atoms. The third-order valence-electron chi connectivity index (χ3n) is 5.40. The van der Waals surface area contributed by atoms with E-state index in [1.54, 1.807) is 0 Å². The van der Waals surface area contributed by atoms with Gasteiger partial charge in [-0.3, -0.25) is 14.4 Å². The van der Waals surface area contributed by atoms with Gasteiger partial charge in [0.05, 0.1) is 6.61 Å². The number of aryl methyl sites for hydroxylation is 2. The second kappa shape index (κ2) is 16.3. The van der Waals surface area contributed by atoms with Gasteiger partial charge in [0.1, 0.15) is 5.82 Å². The van der Waals surface area contributed by atoms with Crippen LogP contribution in [0.3, 0.4) is 0 Å². The van der Waals surface area contributed by atoms with Crippen molar-refractivity contribution in [2.24, 2.45) is 5.92 Å². The molecule has 2 saturated heterocycles. The molecule has 0 radical (unpaired) electrons. The van der Waals surface area contributed by atoms with Crippen LogP contribution in [-0.2, 0) is 32.1 Å². The summed E-state index contributed by atoms with van der Waals surface area (Å²) >= 11 is 0. The minimum absolute atomic E-state index is 0.250. The number of aromatic nitrogens is 2. The van der Waals surface area contributed by atoms with E-state index in [1.807, 2.05) is 12.4 Å². The van der Waals surface area contributed by atoms with E-state index in [2.05, 4.69) is 26.3 Å². The van der Waals surface area contributed by atoms with Gasteiger partial charge in [0.25, 0.3) is 12.9 Å². The fourth-order valence-electron chi connectivity index (χ4n) is 3.95. The first-order valence-corrected chi connectivity index (χ1v) is 10.8. The summed E-state index contributed by atoms with van der Waals surface area (Å²) in [7, 11) is 0. The number of ether oxygens (including phenoxy) is 1. The Morgan fingerprint density at radius 1 is 1.19 bits per heavy atom. The van der Waals surface area contributed by atoms with Gasteiger partial charge in [-0.1, -0.05) is 6.92 Å². The summed E-state index contributed by atoms with van der Waals surface area (Å²) in [6, 6.07) is 0. The quantitative estimate of drug-likeness (QED) is 0.632. The van der Waals surface area contributed by atoms with Crippen LogP contribution in [0.2, 0.25) is 0 Å². The van der Waals surface area contributed by atoms with Crippen molar-refractivity contribution in [2.45, 2.75) is 45.6 Å². The molecule has 2 aliphatic heterocycles. The highest BCUT2D eigenvalue weighted by Crippen LogP contribution is 2.16. The summed E-state index contributed by atoms with van der Waals surface area (Å²) in [4.78, 5) is 38.2. The lowest BCUT2D eigenvalue weighted by atomic mass is 10.0. The van der Waals surface area contributed by atoms with Crippen LogP contribution in [-0.4, -0.2) is 94.4 Å². The van der Waals surface area contributed by atoms with Gasteiger partial charge in [0.15, 0.2) is 0 Å². The van der Waals surface area contributed by atoms with E-state index < -0.39 is 0 Å². The summed E-state index contributed by atoms with van der Waals surface area (Å²) in [5, 5.41) is 13.8. The van der Waals surface area contributed by atoms with Crippen molar-refractivity contribution in [2.75, 3.05) is 45.9 Å². The fourth-order valence-corrected chi connectivity index (χ4v) is 3.95. The molecule has 2 aliphatic rings. The van der Waals surface area contributed by atoms with Gasteiger partial charge < -0.3 is 29.3 Å². The number of carboxylic acid groups (broad SMARTS) is 2. The van der Waals surface area contributed by atoms with Crippen molar-refractivity contribution in [3.63, 3.8) is 0 Å². The first kappa shape index (κ1) is 26.6. The average Bonchev–Trinajstić information content (AvgIpc) is 3.11. The first-order chi connectivity index (χ1) is 15.1. The zero-order valence-corrected chi connectivity index (χ0v) is 18.4. The topological polar surface area (TPSA) is 125 Å². The Balaban J connectivity index is 0.000000720. The van der Waals surface area contributed by atoms with Crippen LogP contribution in [0.5, 0.6) is 0 Å². The third-order valence-corrected chi connectivity index (χ3v) is 5.40. The Morgan fingerprint density at radius 3 is 2.58 bits per heavy atom. The van der Waals surface area contributed by atoms with Gasteiger partial charge in [-0.2, -0.15) is 0 Å². The maximum atomic E-state index is 12.6. The Labute approximate surface area is 183 Å². The van der Waals surface area contributed by atoms with E-state index >= 15 is 0 Å². The maximum absolute atomic E-state index is 12.6. The van der Waals surface area contributed by atoms with Crippen molar-refractivity contribution < 1.29 is 29.3 Å². The van der Waals surface area contributed by atoms with Crippen LogP contribution in [0.1, 0.15) is 38.4 Å². The van der Waals surface area contributed by atoms with Crippen molar-refractivity contribution in [3.05, 3.63) is 18.2 Å². The molecule has 0 saturated carbocycles. The Kier molecular flexibility index (Phi) is 13.9. The van der Waals surface area contributed by atoms with Gasteiger partial charge in [0.2, 0.25) is 5.91 Å². The number of hydrogen-bond donors (Lipinski definition) is 2. The fraction of sp³-hybridized carbons (Fsp3) is 0.714. The highest BCUT2D eigenvalue weighted by atomic mass is 16.5. The summed E-state index contributed by atoms with van der Waals surface area (Å²) in [5.41, 5.74) is 0. The van der Waals surface area contributed by atoms with E-state index in [9.17, 15) is 4.79 Å². The molecule has 31 heavy (non-hydrogen) atoms. The Hall–Kier alpha value is -2.46. The molecular formula is C21H36N4O6. The number of hydrogen-bond acceptors (Lipinski definition) is 6. The van der Waals surface area contributed by atoms with Crippen LogP contribution < -0.4 is 0 Å². The van der Waals surface area contributed by atoms with Crippen LogP contribution in [0, 0.1) is 5.92 Å². The van der Waals surface area contributed by atoms with Gasteiger partial charge in [-0.15, -0.1) is 0 Å². The predicted octanol–water partition coefficient (Wildman–Crippen LogP) is 1.20. The molecule has 0 spiro atoms. The highest BCUT2D eigenvalue weighted by molar-refractivity contribution is 5.76. The molecule has 0 aromatic carbocycles. The zero-order chi connectivity index (χ0) is 22.9. The maximum Gasteiger partial charge on any atom is 0.290 e. The monoisotopic (exact) mass is 440 g/mol. The third kappa shape index (κ3) is 10.4. The minimum Gasteiger partial charge on any atom is -0.483 e. The lowest BCUT2D eigenvalue weighted by molar-refractivity contribution is -0.131. The molecule has 10 heteroatoms. The molecule has 3 heterocycles. The molecule has 1 unspecified atom stereocenters. The molecule has 0 aliphatic carbocycles. The standard InChI is InChI=1S/C19H32N4O2.2CH2O2/c1-2-18-20-7-11-22(18)10-6-19(24)23-9-4-8-21(12-13-23)15-17-5-3-14-25-16-17;2*2-1-3/h7,11,17H,2-6,8-10,12-16H2,1H3;2*1H,(H,2,3). The number of carbonyl (C=O) groups is 3. The lowest BCUT2D eigenvalue weighted by Gasteiger charge is -2.28. The molecule has 176 valence electrons. The van der Waals surface area contributed by atoms with Crippen molar-refractivity contribution in [3.8, 4) is 0 Å². The molecule has 1 aromatic heterocycles. The van der Waals surface area contributed by atoms with Crippen LogP contribution in [0.4, 0.5) is 0 Å². The SMILES string of the molecule is CCc1nccn1CCC(=O)N1CCCN(CC2CCCOC2)CC1.O=CO.O=CO. The number of amides is 1. The molecule has 1 aromatic rings. The second-order valence-electron chi connectivity index (χ2n) is 7.47. The van der Waals surface area contributed by atoms with E-state index in [1.165, 1.54) is 12.8 Å². The second-order valence-corrected chi connectivity index (χ2v) is 7.47. The molecule has 10 nitrogen and oxygen atoms in total. The average molecular weight is 441 g/mol. The summed E-state index contributed by atoms with van der Waals surface area (Å²) in [5.74, 6) is 2.01. The molecular weight excluding hydrogens is 404 g/mol. The molecule has 1 atom stereocenters. The van der Waals surface area contributed by atoms with Gasteiger partial charge in [-0.25, -0.2) is 4.98 Å². The normalized spacial score (nSPS) is 19.1. The van der Waals surface area contributed by atoms with Crippen LogP contribution in [0.15, 0.2) is 12.4 Å². The van der Waals surface area contributed by atoms with Crippen LogP contribution in [0.25, 0.3) is 0 Å². The molecule has 2 N–H and O–H groups in total. The number of imidazole rings is 1. The number of rotatable bonds is 6. The number of carbonyl (C=O) groups excluding carboxylic acids is 1. The summed E-state index contributed by atoms with van der Waals surface area (Å²) in [6.07, 6.45) is 8.82. The van der Waals surface area contributed by atoms with Crippen molar-refractivity contribution in [1.29, 1.82) is 0 Å². The predicted molar refractivity (Wildman–Crippen MR) is 115 cm³/mol. The van der Waals surface area contributed by atoms with E-state index in [0.29, 0.717) is 12.3 Å². The van der Waals surface area contributed by atoms with Gasteiger partial charge in [0, 0.05) is 64.6 Å². The van der Waals surface area contributed by atoms with E-state index in [4.69, 9.17) is 24.5 Å². The van der Waals surface area contributed by atoms with Crippen molar-refractivity contribution in [1.82, 2.24) is 19.4 Å². The molecule has 3 rings (SSSR count). The number of nitrogens with zero attached hydrogens (tertiary/aromatic N) is 4. The largest absolute Gasteiger partial charge is 0.483 e. The van der Waals surface area contributed by atoms with E-state index in [0.717, 1.165) is 71.1 Å². The smallest absolute Gasteiger partial charge is 0.290 e. The highest BCUT2D eigenvalue weighted by Gasteiger charge is 2.22. The Bertz CT molecular complexity index is 627. The summed E-state index contributed by atoms with van der Waals surface area (Å²) in [6.45, 7) is 9.13. The van der Waals surface area contributed by atoms with Gasteiger partial charge in [-0.05, 0) is 31.7 Å². The summed E-state index contributed by atoms with van der Waals surface area (Å²) < 4.78 is 7.70. The zero-order valence-electron chi connectivity index (χ0n) is 18.4. The van der Waals surface area contributed by atoms with Crippen molar-refractivity contribution >= 4 is 18.9 Å². The van der Waals surface area contributed by atoms with E-state index in [-0.39, 0.29) is 18.9 Å². The lowest BCUT2D eigenvalue weighted by Crippen LogP contribution is -2.38. The molecule has 1 amide bonds. The van der Waals surface area contributed by atoms with Gasteiger partial charge >= 0.3 is 0 Å². The first-order valence-electron chi connectivity index (χ1n) is 10.8. The minimum atomic E-state index is -0.250. The molecule has 2 fully saturated rings. The Morgan fingerprint density at radius 2 is 1.94 bits per heavy atom.